The lowest BCUT2D eigenvalue weighted by Gasteiger charge is -2.33. The van der Waals surface area contributed by atoms with Crippen LogP contribution in [0.1, 0.15) is 12.2 Å². The van der Waals surface area contributed by atoms with Gasteiger partial charge in [-0.15, -0.1) is 0 Å². The Bertz CT molecular complexity index is 956. The van der Waals surface area contributed by atoms with Gasteiger partial charge < -0.3 is 18.8 Å². The minimum atomic E-state index is -3.15. The van der Waals surface area contributed by atoms with Crippen molar-refractivity contribution < 1.29 is 27.1 Å². The highest BCUT2D eigenvalue weighted by molar-refractivity contribution is 9.10. The van der Waals surface area contributed by atoms with Gasteiger partial charge in [0, 0.05) is 6.04 Å². The second kappa shape index (κ2) is 7.20. The number of para-hydroxylation sites is 2. The zero-order valence-electron chi connectivity index (χ0n) is 14.3. The monoisotopic (exact) mass is 455 g/mol. The quantitative estimate of drug-likeness (QED) is 0.703. The normalized spacial score (nSPS) is 23.1. The van der Waals surface area contributed by atoms with Gasteiger partial charge in [0.05, 0.1) is 18.1 Å². The highest BCUT2D eigenvalue weighted by atomic mass is 79.9. The molecule has 144 valence electrons. The molecule has 1 amide bonds. The SMILES string of the molecule is O=C([C@H]1COc2ccccc2O1)N(Cc1ccc(Br)o1)[C@H]1CCS(=O)(=O)C1. The summed E-state index contributed by atoms with van der Waals surface area (Å²) in [6.07, 6.45) is -0.429. The number of carbonyl (C=O) groups is 1. The molecule has 0 N–H and O–H groups in total. The molecule has 2 atom stereocenters. The van der Waals surface area contributed by atoms with E-state index in [0.717, 1.165) is 0 Å². The molecule has 2 aromatic rings. The molecule has 7 nitrogen and oxygen atoms in total. The molecule has 3 heterocycles. The molecule has 0 unspecified atom stereocenters. The fraction of sp³-hybridized carbons (Fsp3) is 0.389. The third-order valence-corrected chi connectivity index (χ3v) is 6.85. The van der Waals surface area contributed by atoms with Gasteiger partial charge in [-0.05, 0) is 46.6 Å². The van der Waals surface area contributed by atoms with Crippen molar-refractivity contribution in [2.24, 2.45) is 0 Å². The van der Waals surface area contributed by atoms with Crippen LogP contribution in [0.5, 0.6) is 11.5 Å². The number of hydrogen-bond acceptors (Lipinski definition) is 6. The van der Waals surface area contributed by atoms with Crippen molar-refractivity contribution in [3.63, 3.8) is 0 Å². The predicted molar refractivity (Wildman–Crippen MR) is 100 cm³/mol. The third kappa shape index (κ3) is 3.98. The molecule has 0 aliphatic carbocycles. The molecule has 0 spiro atoms. The molecule has 9 heteroatoms. The minimum absolute atomic E-state index is 0.0508. The van der Waals surface area contributed by atoms with Crippen LogP contribution in [0, 0.1) is 0 Å². The molecule has 1 aromatic carbocycles. The Morgan fingerprint density at radius 2 is 1.96 bits per heavy atom. The van der Waals surface area contributed by atoms with Crippen molar-refractivity contribution in [2.45, 2.75) is 25.1 Å². The van der Waals surface area contributed by atoms with E-state index in [1.54, 1.807) is 30.3 Å². The molecule has 0 saturated carbocycles. The van der Waals surface area contributed by atoms with Gasteiger partial charge in [-0.25, -0.2) is 8.42 Å². The Kier molecular flexibility index (Phi) is 4.90. The maximum absolute atomic E-state index is 13.2. The van der Waals surface area contributed by atoms with Crippen molar-refractivity contribution in [3.05, 3.63) is 46.8 Å². The maximum Gasteiger partial charge on any atom is 0.267 e. The number of nitrogens with zero attached hydrogens (tertiary/aromatic N) is 1. The number of halogens is 1. The summed E-state index contributed by atoms with van der Waals surface area (Å²) in [6, 6.07) is 10.2. The first-order valence-electron chi connectivity index (χ1n) is 8.55. The van der Waals surface area contributed by atoms with E-state index in [0.29, 0.717) is 28.3 Å². The molecular formula is C18H18BrNO6S. The average molecular weight is 456 g/mol. The largest absolute Gasteiger partial charge is 0.485 e. The smallest absolute Gasteiger partial charge is 0.267 e. The lowest BCUT2D eigenvalue weighted by molar-refractivity contribution is -0.144. The molecule has 0 bridgehead atoms. The van der Waals surface area contributed by atoms with Gasteiger partial charge in [0.15, 0.2) is 26.0 Å². The first-order chi connectivity index (χ1) is 12.9. The van der Waals surface area contributed by atoms with Crippen LogP contribution in [0.2, 0.25) is 0 Å². The summed E-state index contributed by atoms with van der Waals surface area (Å²) >= 11 is 3.24. The van der Waals surface area contributed by atoms with Gasteiger partial charge in [0.25, 0.3) is 5.91 Å². The van der Waals surface area contributed by atoms with Crippen LogP contribution in [-0.4, -0.2) is 49.5 Å². The Labute approximate surface area is 165 Å². The van der Waals surface area contributed by atoms with Crippen LogP contribution in [0.3, 0.4) is 0 Å². The van der Waals surface area contributed by atoms with Crippen molar-refractivity contribution in [1.82, 2.24) is 4.90 Å². The van der Waals surface area contributed by atoms with E-state index in [1.165, 1.54) is 4.90 Å². The number of benzene rings is 1. The van der Waals surface area contributed by atoms with Gasteiger partial charge >= 0.3 is 0 Å². The standard InChI is InChI=1S/C18H18BrNO6S/c19-17-6-5-13(25-17)9-20(12-7-8-27(22,23)11-12)18(21)16-10-24-14-3-1-2-4-15(14)26-16/h1-6,12,16H,7-11H2/t12-,16+/m0/s1. The summed E-state index contributed by atoms with van der Waals surface area (Å²) < 4.78 is 41.4. The highest BCUT2D eigenvalue weighted by Gasteiger charge is 2.39. The molecule has 27 heavy (non-hydrogen) atoms. The zero-order valence-corrected chi connectivity index (χ0v) is 16.7. The summed E-state index contributed by atoms with van der Waals surface area (Å²) in [5.41, 5.74) is 0. The summed E-state index contributed by atoms with van der Waals surface area (Å²) in [6.45, 7) is 0.250. The Hall–Kier alpha value is -2.00. The van der Waals surface area contributed by atoms with Crippen LogP contribution in [0.4, 0.5) is 0 Å². The van der Waals surface area contributed by atoms with Crippen LogP contribution in [0.15, 0.2) is 45.5 Å². The summed E-state index contributed by atoms with van der Waals surface area (Å²) in [5, 5.41) is 0. The molecule has 1 saturated heterocycles. The first-order valence-corrected chi connectivity index (χ1v) is 11.2. The van der Waals surface area contributed by atoms with Crippen molar-refractivity contribution in [1.29, 1.82) is 0 Å². The number of ether oxygens (including phenoxy) is 2. The molecule has 1 aromatic heterocycles. The number of fused-ring (bicyclic) bond motifs is 1. The fourth-order valence-corrected chi connectivity index (χ4v) is 5.41. The summed E-state index contributed by atoms with van der Waals surface area (Å²) in [7, 11) is -3.15. The molecule has 4 rings (SSSR count). The van der Waals surface area contributed by atoms with Gasteiger partial charge in [0.1, 0.15) is 12.4 Å². The van der Waals surface area contributed by atoms with Gasteiger partial charge in [-0.3, -0.25) is 4.79 Å². The van der Waals surface area contributed by atoms with Crippen LogP contribution >= 0.6 is 15.9 Å². The summed E-state index contributed by atoms with van der Waals surface area (Å²) in [5.74, 6) is 1.38. The zero-order chi connectivity index (χ0) is 19.0. The van der Waals surface area contributed by atoms with Gasteiger partial charge in [0.2, 0.25) is 6.10 Å². The summed E-state index contributed by atoms with van der Waals surface area (Å²) in [4.78, 5) is 14.7. The van der Waals surface area contributed by atoms with Crippen LogP contribution in [0.25, 0.3) is 0 Å². The lowest BCUT2D eigenvalue weighted by atomic mass is 10.1. The van der Waals surface area contributed by atoms with E-state index >= 15 is 0 Å². The topological polar surface area (TPSA) is 86.1 Å². The van der Waals surface area contributed by atoms with Crippen molar-refractivity contribution in [3.8, 4) is 11.5 Å². The van der Waals surface area contributed by atoms with Crippen molar-refractivity contribution in [2.75, 3.05) is 18.1 Å². The Morgan fingerprint density at radius 3 is 2.63 bits per heavy atom. The number of rotatable bonds is 4. The maximum atomic E-state index is 13.2. The van der Waals surface area contributed by atoms with E-state index in [2.05, 4.69) is 15.9 Å². The minimum Gasteiger partial charge on any atom is -0.485 e. The number of hydrogen-bond donors (Lipinski definition) is 0. The number of amides is 1. The van der Waals surface area contributed by atoms with E-state index in [1.807, 2.05) is 6.07 Å². The van der Waals surface area contributed by atoms with E-state index in [-0.39, 0.29) is 30.6 Å². The van der Waals surface area contributed by atoms with Crippen LogP contribution < -0.4 is 9.47 Å². The lowest BCUT2D eigenvalue weighted by Crippen LogP contribution is -2.50. The Morgan fingerprint density at radius 1 is 1.19 bits per heavy atom. The molecule has 2 aliphatic heterocycles. The number of sulfone groups is 1. The second-order valence-electron chi connectivity index (χ2n) is 6.59. The fourth-order valence-electron chi connectivity index (χ4n) is 3.34. The number of furan rings is 1. The van der Waals surface area contributed by atoms with E-state index < -0.39 is 22.0 Å². The van der Waals surface area contributed by atoms with Gasteiger partial charge in [-0.1, -0.05) is 12.1 Å². The highest BCUT2D eigenvalue weighted by Crippen LogP contribution is 2.32. The molecule has 2 aliphatic rings. The van der Waals surface area contributed by atoms with E-state index in [9.17, 15) is 13.2 Å². The molecule has 0 radical (unpaired) electrons. The second-order valence-corrected chi connectivity index (χ2v) is 9.60. The molecule has 1 fully saturated rings. The number of carbonyl (C=O) groups excluding carboxylic acids is 1. The van der Waals surface area contributed by atoms with Crippen LogP contribution in [-0.2, 0) is 21.2 Å². The Balaban J connectivity index is 1.57. The van der Waals surface area contributed by atoms with Gasteiger partial charge in [-0.2, -0.15) is 0 Å². The predicted octanol–water partition coefficient (Wildman–Crippen LogP) is 2.40. The first kappa shape index (κ1) is 18.4. The molecular weight excluding hydrogens is 438 g/mol. The van der Waals surface area contributed by atoms with Crippen molar-refractivity contribution >= 4 is 31.7 Å². The van der Waals surface area contributed by atoms with E-state index in [4.69, 9.17) is 13.9 Å². The average Bonchev–Trinajstić information content (AvgIpc) is 3.23. The third-order valence-electron chi connectivity index (χ3n) is 4.67.